The quantitative estimate of drug-likeness (QED) is 0.114. The lowest BCUT2D eigenvalue weighted by Gasteiger charge is -2.45. The lowest BCUT2D eigenvalue weighted by Crippen LogP contribution is -2.76. The van der Waals surface area contributed by atoms with Crippen molar-refractivity contribution in [2.24, 2.45) is 5.73 Å². The molecule has 0 rings (SSSR count). The number of aliphatic hydroxyl groups excluding tert-OH is 1. The molecule has 0 saturated carbocycles. The SMILES string of the molecule is CCCCCOCCCCC(=O)N(NCCC)[C@](N)(C(=O)O)[C@](C)(S)CO. The number of nitrogens with one attached hydrogen (secondary N) is 1. The summed E-state index contributed by atoms with van der Waals surface area (Å²) in [5.41, 5.74) is 6.69. The summed E-state index contributed by atoms with van der Waals surface area (Å²) < 4.78 is 3.97. The number of carboxylic acids is 1. The number of carbonyl (C=O) groups excluding carboxylic acids is 1. The molecule has 8 nitrogen and oxygen atoms in total. The Morgan fingerprint density at radius 1 is 1.15 bits per heavy atom. The van der Waals surface area contributed by atoms with Crippen LogP contribution in [0.2, 0.25) is 0 Å². The molecule has 9 heteroatoms. The van der Waals surface area contributed by atoms with E-state index in [2.05, 4.69) is 25.0 Å². The topological polar surface area (TPSA) is 125 Å². The first kappa shape index (κ1) is 26.1. The number of carbonyl (C=O) groups is 2. The number of nitrogens with two attached hydrogens (primary N) is 1. The molecule has 0 aromatic rings. The monoisotopic (exact) mass is 407 g/mol. The normalized spacial score (nSPS) is 15.8. The zero-order valence-electron chi connectivity index (χ0n) is 16.9. The van der Waals surface area contributed by atoms with Crippen molar-refractivity contribution in [2.45, 2.75) is 76.1 Å². The summed E-state index contributed by atoms with van der Waals surface area (Å²) >= 11 is 4.22. The van der Waals surface area contributed by atoms with Crippen LogP contribution in [0.1, 0.15) is 65.7 Å². The first-order valence-corrected chi connectivity index (χ1v) is 10.1. The smallest absolute Gasteiger partial charge is 0.347 e. The Morgan fingerprint density at radius 3 is 2.22 bits per heavy atom. The largest absolute Gasteiger partial charge is 0.478 e. The van der Waals surface area contributed by atoms with Crippen molar-refractivity contribution in [1.29, 1.82) is 0 Å². The predicted octanol–water partition coefficient (Wildman–Crippen LogP) is 1.53. The molecule has 0 radical (unpaired) electrons. The minimum Gasteiger partial charge on any atom is -0.478 e. The van der Waals surface area contributed by atoms with E-state index in [1.165, 1.54) is 6.92 Å². The molecule has 0 heterocycles. The van der Waals surface area contributed by atoms with Gasteiger partial charge in [0, 0.05) is 26.2 Å². The molecule has 0 aliphatic heterocycles. The van der Waals surface area contributed by atoms with E-state index in [0.717, 1.165) is 24.3 Å². The number of nitrogens with zero attached hydrogens (tertiary/aromatic N) is 1. The van der Waals surface area contributed by atoms with Crippen molar-refractivity contribution in [1.82, 2.24) is 10.4 Å². The van der Waals surface area contributed by atoms with Gasteiger partial charge >= 0.3 is 5.97 Å². The van der Waals surface area contributed by atoms with Crippen LogP contribution in [-0.2, 0) is 14.3 Å². The number of aliphatic carboxylic acids is 1. The van der Waals surface area contributed by atoms with E-state index in [1.807, 2.05) is 6.92 Å². The highest BCUT2D eigenvalue weighted by molar-refractivity contribution is 7.82. The van der Waals surface area contributed by atoms with Crippen molar-refractivity contribution in [3.63, 3.8) is 0 Å². The van der Waals surface area contributed by atoms with Gasteiger partial charge in [-0.2, -0.15) is 12.6 Å². The zero-order valence-corrected chi connectivity index (χ0v) is 17.8. The van der Waals surface area contributed by atoms with Gasteiger partial charge in [-0.3, -0.25) is 10.5 Å². The Bertz CT molecular complexity index is 451. The van der Waals surface area contributed by atoms with Crippen LogP contribution in [0.3, 0.4) is 0 Å². The van der Waals surface area contributed by atoms with E-state index in [-0.39, 0.29) is 6.42 Å². The van der Waals surface area contributed by atoms with Crippen LogP contribution in [0.4, 0.5) is 0 Å². The maximum atomic E-state index is 12.7. The number of unbranched alkanes of at least 4 members (excludes halogenated alkanes) is 3. The minimum absolute atomic E-state index is 0.122. The van der Waals surface area contributed by atoms with Crippen molar-refractivity contribution in [2.75, 3.05) is 26.4 Å². The van der Waals surface area contributed by atoms with Gasteiger partial charge in [-0.15, -0.1) is 0 Å². The number of aliphatic hydroxyl groups is 1. The van der Waals surface area contributed by atoms with Gasteiger partial charge in [0.15, 0.2) is 0 Å². The molecule has 160 valence electrons. The minimum atomic E-state index is -2.20. The van der Waals surface area contributed by atoms with Crippen LogP contribution in [-0.4, -0.2) is 63.9 Å². The molecular weight excluding hydrogens is 370 g/mol. The molecular formula is C18H37N3O5S. The fourth-order valence-corrected chi connectivity index (χ4v) is 2.66. The third kappa shape index (κ3) is 7.95. The van der Waals surface area contributed by atoms with E-state index < -0.39 is 28.9 Å². The predicted molar refractivity (Wildman–Crippen MR) is 108 cm³/mol. The van der Waals surface area contributed by atoms with Crippen LogP contribution in [0.15, 0.2) is 0 Å². The fraction of sp³-hybridized carbons (Fsp3) is 0.889. The lowest BCUT2D eigenvalue weighted by atomic mass is 9.93. The van der Waals surface area contributed by atoms with Crippen LogP contribution < -0.4 is 11.2 Å². The summed E-state index contributed by atoms with van der Waals surface area (Å²) in [6.07, 6.45) is 5.35. The molecule has 0 aliphatic carbocycles. The maximum absolute atomic E-state index is 12.7. The van der Waals surface area contributed by atoms with Gasteiger partial charge < -0.3 is 14.9 Å². The highest BCUT2D eigenvalue weighted by Crippen LogP contribution is 2.30. The number of amides is 1. The Morgan fingerprint density at radius 2 is 1.74 bits per heavy atom. The number of carboxylic acid groups (broad SMARTS) is 1. The van der Waals surface area contributed by atoms with Gasteiger partial charge in [0.1, 0.15) is 0 Å². The second-order valence-electron chi connectivity index (χ2n) is 6.92. The van der Waals surface area contributed by atoms with E-state index >= 15 is 0 Å². The fourth-order valence-electron chi connectivity index (χ4n) is 2.47. The van der Waals surface area contributed by atoms with Gasteiger partial charge in [0.2, 0.25) is 11.6 Å². The summed E-state index contributed by atoms with van der Waals surface area (Å²) in [7, 11) is 0. The molecule has 0 bridgehead atoms. The summed E-state index contributed by atoms with van der Waals surface area (Å²) in [4.78, 5) is 24.6. The molecule has 0 aromatic carbocycles. The molecule has 0 unspecified atom stereocenters. The Balaban J connectivity index is 4.87. The second-order valence-corrected chi connectivity index (χ2v) is 7.90. The highest BCUT2D eigenvalue weighted by atomic mass is 32.1. The van der Waals surface area contributed by atoms with Crippen molar-refractivity contribution in [3.8, 4) is 0 Å². The average molecular weight is 408 g/mol. The van der Waals surface area contributed by atoms with Gasteiger partial charge in [0.25, 0.3) is 0 Å². The number of rotatable bonds is 16. The second kappa shape index (κ2) is 13.3. The summed E-state index contributed by atoms with van der Waals surface area (Å²) in [5.74, 6) is -1.89. The summed E-state index contributed by atoms with van der Waals surface area (Å²) in [5, 5.41) is 20.2. The van der Waals surface area contributed by atoms with Crippen molar-refractivity contribution in [3.05, 3.63) is 0 Å². The van der Waals surface area contributed by atoms with Crippen molar-refractivity contribution < 1.29 is 24.5 Å². The van der Waals surface area contributed by atoms with Gasteiger partial charge in [0.05, 0.1) is 11.4 Å². The summed E-state index contributed by atoms with van der Waals surface area (Å²) in [6.45, 7) is 6.44. The molecule has 27 heavy (non-hydrogen) atoms. The molecule has 0 saturated heterocycles. The van der Waals surface area contributed by atoms with E-state index in [4.69, 9.17) is 10.5 Å². The Hall–Kier alpha value is -0.870. The zero-order chi connectivity index (χ0) is 20.9. The molecule has 2 atom stereocenters. The number of ether oxygens (including phenoxy) is 1. The molecule has 5 N–H and O–H groups in total. The number of hydrazine groups is 1. The third-order valence-corrected chi connectivity index (χ3v) is 4.88. The van der Waals surface area contributed by atoms with E-state index in [1.54, 1.807) is 0 Å². The van der Waals surface area contributed by atoms with E-state index in [0.29, 0.717) is 39.0 Å². The van der Waals surface area contributed by atoms with Crippen LogP contribution in [0.25, 0.3) is 0 Å². The standard InChI is InChI=1S/C18H37N3O5S/c1-4-6-8-12-26-13-9-7-10-15(23)21(20-11-5-2)18(19,16(24)25)17(3,27)14-22/h20,22,27H,4-14,19H2,1-3H3,(H,24,25)/t17-,18-/m1/s1. The van der Waals surface area contributed by atoms with Crippen LogP contribution in [0, 0.1) is 0 Å². The molecule has 0 spiro atoms. The van der Waals surface area contributed by atoms with E-state index in [9.17, 15) is 19.8 Å². The Labute approximate surface area is 168 Å². The first-order valence-electron chi connectivity index (χ1n) is 9.68. The van der Waals surface area contributed by atoms with Gasteiger partial charge in [-0.05, 0) is 32.6 Å². The lowest BCUT2D eigenvalue weighted by molar-refractivity contribution is -0.167. The molecule has 0 fully saturated rings. The average Bonchev–Trinajstić information content (AvgIpc) is 2.63. The maximum Gasteiger partial charge on any atom is 0.347 e. The highest BCUT2D eigenvalue weighted by Gasteiger charge is 2.55. The molecule has 0 aromatic heterocycles. The van der Waals surface area contributed by atoms with Gasteiger partial charge in [-0.25, -0.2) is 15.2 Å². The number of hydrogen-bond acceptors (Lipinski definition) is 7. The number of thiol groups is 1. The van der Waals surface area contributed by atoms with Crippen LogP contribution in [0.5, 0.6) is 0 Å². The van der Waals surface area contributed by atoms with Crippen molar-refractivity contribution >= 4 is 24.5 Å². The number of hydrogen-bond donors (Lipinski definition) is 5. The molecule has 0 aliphatic rings. The van der Waals surface area contributed by atoms with Crippen LogP contribution >= 0.6 is 12.6 Å². The Kier molecular flexibility index (Phi) is 12.9. The molecule has 1 amide bonds. The summed E-state index contributed by atoms with van der Waals surface area (Å²) in [6, 6.07) is 0. The van der Waals surface area contributed by atoms with Gasteiger partial charge in [-0.1, -0.05) is 26.7 Å². The first-order chi connectivity index (χ1) is 12.7. The third-order valence-electron chi connectivity index (χ3n) is 4.40.